The number of hydrogen-bond acceptors (Lipinski definition) is 3. The van der Waals surface area contributed by atoms with Gasteiger partial charge in [-0.2, -0.15) is 0 Å². The van der Waals surface area contributed by atoms with Crippen LogP contribution in [-0.4, -0.2) is 19.4 Å². The zero-order valence-electron chi connectivity index (χ0n) is 15.1. The van der Waals surface area contributed by atoms with Crippen molar-refractivity contribution in [2.24, 2.45) is 0 Å². The van der Waals surface area contributed by atoms with Crippen molar-refractivity contribution in [2.75, 3.05) is 0 Å². The molecule has 3 aromatic carbocycles. The van der Waals surface area contributed by atoms with Gasteiger partial charge in [-0.15, -0.1) is 0 Å². The molecule has 7 rings (SSSR count). The first kappa shape index (κ1) is 14.3. The Morgan fingerprint density at radius 3 is 2.11 bits per heavy atom. The summed E-state index contributed by atoms with van der Waals surface area (Å²) < 4.78 is 2.26. The van der Waals surface area contributed by atoms with E-state index >= 15 is 0 Å². The fourth-order valence-electron chi connectivity index (χ4n) is 4.74. The maximum atomic E-state index is 4.98. The highest BCUT2D eigenvalue weighted by molar-refractivity contribution is 6.24. The number of fused-ring (bicyclic) bond motifs is 7. The van der Waals surface area contributed by atoms with Crippen LogP contribution in [0.1, 0.15) is 5.69 Å². The minimum Gasteiger partial charge on any atom is -0.288 e. The summed E-state index contributed by atoms with van der Waals surface area (Å²) in [5.74, 6) is 0. The van der Waals surface area contributed by atoms with Gasteiger partial charge >= 0.3 is 0 Å². The Balaban J connectivity index is 1.93. The average molecular weight is 358 g/mol. The van der Waals surface area contributed by atoms with E-state index < -0.39 is 0 Å². The molecule has 0 fully saturated rings. The lowest BCUT2D eigenvalue weighted by Gasteiger charge is -2.14. The maximum Gasteiger partial charge on any atom is 0.146 e. The van der Waals surface area contributed by atoms with Crippen LogP contribution in [0.4, 0.5) is 0 Å². The Morgan fingerprint density at radius 1 is 0.679 bits per heavy atom. The van der Waals surface area contributed by atoms with Gasteiger partial charge in [0.2, 0.25) is 0 Å². The molecule has 0 unspecified atom stereocenters. The monoisotopic (exact) mass is 358 g/mol. The van der Waals surface area contributed by atoms with Crippen LogP contribution in [-0.2, 0) is 0 Å². The highest BCUT2D eigenvalue weighted by Gasteiger charge is 2.21. The van der Waals surface area contributed by atoms with Crippen LogP contribution in [0.3, 0.4) is 0 Å². The summed E-state index contributed by atoms with van der Waals surface area (Å²) in [6.07, 6.45) is 1.68. The second-order valence-corrected chi connectivity index (χ2v) is 7.41. The SMILES string of the molecule is Cc1nc2c3ccccc3c3ncnc4c5cc6ccccc6cc5c1n2c34. The highest BCUT2D eigenvalue weighted by atomic mass is 15.0. The van der Waals surface area contributed by atoms with E-state index in [9.17, 15) is 0 Å². The maximum absolute atomic E-state index is 4.98. The van der Waals surface area contributed by atoms with Crippen LogP contribution in [0.5, 0.6) is 0 Å². The van der Waals surface area contributed by atoms with Crippen molar-refractivity contribution >= 4 is 60.0 Å². The van der Waals surface area contributed by atoms with Crippen LogP contribution in [0.25, 0.3) is 60.0 Å². The highest BCUT2D eigenvalue weighted by Crippen LogP contribution is 2.39. The summed E-state index contributed by atoms with van der Waals surface area (Å²) >= 11 is 0. The third-order valence-corrected chi connectivity index (χ3v) is 5.92. The second-order valence-electron chi connectivity index (χ2n) is 7.41. The van der Waals surface area contributed by atoms with Gasteiger partial charge in [-0.1, -0.05) is 48.5 Å². The molecule has 4 heterocycles. The van der Waals surface area contributed by atoms with E-state index in [1.807, 2.05) is 0 Å². The normalized spacial score (nSPS) is 12.5. The second kappa shape index (κ2) is 4.73. The smallest absolute Gasteiger partial charge is 0.146 e. The summed E-state index contributed by atoms with van der Waals surface area (Å²) in [5, 5.41) is 7.03. The van der Waals surface area contributed by atoms with Gasteiger partial charge in [0.1, 0.15) is 17.5 Å². The first-order chi connectivity index (χ1) is 13.8. The molecule has 0 spiro atoms. The number of benzene rings is 3. The van der Waals surface area contributed by atoms with E-state index in [4.69, 9.17) is 9.97 Å². The minimum atomic E-state index is 0.977. The van der Waals surface area contributed by atoms with Gasteiger partial charge in [-0.05, 0) is 29.8 Å². The topological polar surface area (TPSA) is 43.1 Å². The molecule has 0 amide bonds. The molecule has 0 saturated carbocycles. The zero-order valence-corrected chi connectivity index (χ0v) is 15.1. The molecule has 0 aliphatic carbocycles. The molecular formula is C24H14N4. The molecule has 0 bridgehead atoms. The number of nitrogens with zero attached hydrogens (tertiary/aromatic N) is 4. The number of aromatic nitrogens is 4. The summed E-state index contributed by atoms with van der Waals surface area (Å²) in [5.41, 5.74) is 6.16. The molecule has 28 heavy (non-hydrogen) atoms. The largest absolute Gasteiger partial charge is 0.288 e. The van der Waals surface area contributed by atoms with E-state index in [0.717, 1.165) is 49.6 Å². The molecule has 0 atom stereocenters. The van der Waals surface area contributed by atoms with Crippen molar-refractivity contribution < 1.29 is 0 Å². The van der Waals surface area contributed by atoms with Crippen LogP contribution in [0.15, 0.2) is 67.0 Å². The van der Waals surface area contributed by atoms with Crippen LogP contribution < -0.4 is 0 Å². The molecule has 4 nitrogen and oxygen atoms in total. The lowest BCUT2D eigenvalue weighted by Crippen LogP contribution is -1.99. The molecule has 0 N–H and O–H groups in total. The van der Waals surface area contributed by atoms with Crippen molar-refractivity contribution in [2.45, 2.75) is 6.92 Å². The van der Waals surface area contributed by atoms with Gasteiger partial charge in [0.25, 0.3) is 0 Å². The number of rotatable bonds is 0. The molecule has 130 valence electrons. The van der Waals surface area contributed by atoms with Gasteiger partial charge in [0, 0.05) is 21.5 Å². The predicted molar refractivity (Wildman–Crippen MR) is 114 cm³/mol. The third-order valence-electron chi connectivity index (χ3n) is 5.92. The number of pyridine rings is 2. The van der Waals surface area contributed by atoms with E-state index in [1.165, 1.54) is 16.2 Å². The van der Waals surface area contributed by atoms with Crippen molar-refractivity contribution in [3.05, 3.63) is 72.7 Å². The van der Waals surface area contributed by atoms with Crippen molar-refractivity contribution in [1.29, 1.82) is 0 Å². The molecular weight excluding hydrogens is 344 g/mol. The molecule has 0 saturated heterocycles. The van der Waals surface area contributed by atoms with Crippen LogP contribution >= 0.6 is 0 Å². The molecule has 4 aromatic heterocycles. The quantitative estimate of drug-likeness (QED) is 0.260. The Kier molecular flexibility index (Phi) is 2.41. The van der Waals surface area contributed by atoms with Crippen molar-refractivity contribution in [1.82, 2.24) is 19.4 Å². The Morgan fingerprint density at radius 2 is 1.32 bits per heavy atom. The Labute approximate surface area is 159 Å². The van der Waals surface area contributed by atoms with Crippen LogP contribution in [0.2, 0.25) is 0 Å². The van der Waals surface area contributed by atoms with Gasteiger partial charge in [0.05, 0.1) is 22.2 Å². The first-order valence-electron chi connectivity index (χ1n) is 9.39. The molecule has 4 heteroatoms. The first-order valence-corrected chi connectivity index (χ1v) is 9.39. The molecule has 0 radical (unpaired) electrons. The summed E-state index contributed by atoms with van der Waals surface area (Å²) in [4.78, 5) is 14.4. The number of hydrogen-bond donors (Lipinski definition) is 0. The van der Waals surface area contributed by atoms with Gasteiger partial charge in [0.15, 0.2) is 0 Å². The van der Waals surface area contributed by atoms with Crippen LogP contribution in [0, 0.1) is 6.92 Å². The van der Waals surface area contributed by atoms with Crippen molar-refractivity contribution in [3.8, 4) is 0 Å². The standard InChI is InChI=1S/C24H14N4/c1-13-22-19-11-15-7-3-2-6-14(15)10-18(19)21-23-20(25-12-26-21)16-8-4-5-9-17(16)24(27-13)28(22)23/h2-12H,1H3. The van der Waals surface area contributed by atoms with E-state index in [-0.39, 0.29) is 0 Å². The number of imidazole rings is 1. The fraction of sp³-hybridized carbons (Fsp3) is 0.0417. The van der Waals surface area contributed by atoms with Gasteiger partial charge in [-0.3, -0.25) is 4.40 Å². The van der Waals surface area contributed by atoms with E-state index in [0.29, 0.717) is 0 Å². The van der Waals surface area contributed by atoms with E-state index in [1.54, 1.807) is 6.33 Å². The van der Waals surface area contributed by atoms with Gasteiger partial charge < -0.3 is 0 Å². The zero-order chi connectivity index (χ0) is 18.4. The fourth-order valence-corrected chi connectivity index (χ4v) is 4.74. The minimum absolute atomic E-state index is 0.977. The molecule has 0 aliphatic heterocycles. The third kappa shape index (κ3) is 1.55. The lowest BCUT2D eigenvalue weighted by atomic mass is 10.0. The Hall–Kier alpha value is -3.79. The predicted octanol–water partition coefficient (Wildman–Crippen LogP) is 5.64. The Bertz CT molecular complexity index is 1730. The van der Waals surface area contributed by atoms with Gasteiger partial charge in [-0.25, -0.2) is 15.0 Å². The summed E-state index contributed by atoms with van der Waals surface area (Å²) in [6, 6.07) is 21.4. The average Bonchev–Trinajstić information content (AvgIpc) is 3.10. The molecule has 0 aliphatic rings. The lowest BCUT2D eigenvalue weighted by molar-refractivity contribution is 1.23. The molecule has 7 aromatic rings. The van der Waals surface area contributed by atoms with Crippen molar-refractivity contribution in [3.63, 3.8) is 0 Å². The number of aryl methyl sites for hydroxylation is 1. The van der Waals surface area contributed by atoms with E-state index in [2.05, 4.69) is 77.0 Å². The summed E-state index contributed by atoms with van der Waals surface area (Å²) in [7, 11) is 0. The summed E-state index contributed by atoms with van der Waals surface area (Å²) in [6.45, 7) is 2.09.